The van der Waals surface area contributed by atoms with Gasteiger partial charge in [0.15, 0.2) is 0 Å². The third-order valence-corrected chi connectivity index (χ3v) is 1.43. The van der Waals surface area contributed by atoms with E-state index >= 15 is 0 Å². The lowest BCUT2D eigenvalue weighted by Gasteiger charge is -2.12. The van der Waals surface area contributed by atoms with Crippen LogP contribution in [-0.2, 0) is 9.53 Å². The van der Waals surface area contributed by atoms with E-state index < -0.39 is 12.0 Å². The van der Waals surface area contributed by atoms with Crippen LogP contribution in [0.25, 0.3) is 0 Å². The SMILES string of the molecule is CCOC(=CC(=O)C(F)(F)F)C(C)C. The maximum atomic E-state index is 11.9. The van der Waals surface area contributed by atoms with Crippen molar-refractivity contribution in [3.63, 3.8) is 0 Å². The fraction of sp³-hybridized carbons (Fsp3) is 0.667. The van der Waals surface area contributed by atoms with Gasteiger partial charge in [0.1, 0.15) is 5.76 Å². The van der Waals surface area contributed by atoms with Gasteiger partial charge in [0.25, 0.3) is 5.78 Å². The number of carbonyl (C=O) groups excluding carboxylic acids is 1. The first-order chi connectivity index (χ1) is 6.29. The van der Waals surface area contributed by atoms with Crippen molar-refractivity contribution >= 4 is 5.78 Å². The minimum atomic E-state index is -4.82. The molecule has 0 N–H and O–H groups in total. The van der Waals surface area contributed by atoms with Gasteiger partial charge < -0.3 is 4.74 Å². The minimum absolute atomic E-state index is 0.0647. The second-order valence-corrected chi connectivity index (χ2v) is 3.00. The third kappa shape index (κ3) is 4.30. The van der Waals surface area contributed by atoms with Crippen LogP contribution in [0.2, 0.25) is 0 Å². The molecule has 0 aliphatic carbocycles. The Balaban J connectivity index is 4.66. The molecule has 0 saturated heterocycles. The Hall–Kier alpha value is -1.00. The van der Waals surface area contributed by atoms with Gasteiger partial charge in [-0.1, -0.05) is 13.8 Å². The summed E-state index contributed by atoms with van der Waals surface area (Å²) in [6.07, 6.45) is -4.31. The first kappa shape index (κ1) is 13.0. The molecule has 0 unspecified atom stereocenters. The number of ketones is 1. The molecule has 0 aliphatic heterocycles. The van der Waals surface area contributed by atoms with Gasteiger partial charge >= 0.3 is 6.18 Å². The maximum absolute atomic E-state index is 11.9. The molecule has 2 nitrogen and oxygen atoms in total. The van der Waals surface area contributed by atoms with Gasteiger partial charge in [-0.3, -0.25) is 4.79 Å². The molecule has 0 aromatic rings. The molecule has 0 spiro atoms. The molecular formula is C9H13F3O2. The molecule has 82 valence electrons. The first-order valence-electron chi connectivity index (χ1n) is 4.24. The van der Waals surface area contributed by atoms with Crippen LogP contribution < -0.4 is 0 Å². The third-order valence-electron chi connectivity index (χ3n) is 1.43. The Morgan fingerprint density at radius 3 is 2.21 bits per heavy atom. The van der Waals surface area contributed by atoms with Crippen molar-refractivity contribution in [2.75, 3.05) is 6.61 Å². The molecule has 0 bridgehead atoms. The summed E-state index contributed by atoms with van der Waals surface area (Å²) in [5.74, 6) is -2.05. The van der Waals surface area contributed by atoms with Crippen molar-refractivity contribution in [2.24, 2.45) is 5.92 Å². The predicted molar refractivity (Wildman–Crippen MR) is 45.6 cm³/mol. The summed E-state index contributed by atoms with van der Waals surface area (Å²) in [5.41, 5.74) is 0. The topological polar surface area (TPSA) is 26.3 Å². The number of carbonyl (C=O) groups is 1. The lowest BCUT2D eigenvalue weighted by Crippen LogP contribution is -2.21. The maximum Gasteiger partial charge on any atom is 0.454 e. The van der Waals surface area contributed by atoms with E-state index in [-0.39, 0.29) is 18.3 Å². The van der Waals surface area contributed by atoms with Gasteiger partial charge in [-0.2, -0.15) is 13.2 Å². The highest BCUT2D eigenvalue weighted by molar-refractivity contribution is 5.94. The normalized spacial score (nSPS) is 13.2. The number of halogens is 3. The van der Waals surface area contributed by atoms with Crippen molar-refractivity contribution in [1.82, 2.24) is 0 Å². The van der Waals surface area contributed by atoms with Gasteiger partial charge in [-0.15, -0.1) is 0 Å². The summed E-state index contributed by atoms with van der Waals surface area (Å²) in [7, 11) is 0. The van der Waals surface area contributed by atoms with Crippen LogP contribution in [0, 0.1) is 5.92 Å². The van der Waals surface area contributed by atoms with Crippen molar-refractivity contribution in [3.8, 4) is 0 Å². The Labute approximate surface area is 80.7 Å². The monoisotopic (exact) mass is 210 g/mol. The molecule has 0 radical (unpaired) electrons. The summed E-state index contributed by atoms with van der Waals surface area (Å²) < 4.78 is 40.5. The van der Waals surface area contributed by atoms with E-state index in [2.05, 4.69) is 0 Å². The highest BCUT2D eigenvalue weighted by Gasteiger charge is 2.37. The molecule has 5 heteroatoms. The van der Waals surface area contributed by atoms with Crippen molar-refractivity contribution in [2.45, 2.75) is 26.9 Å². The average Bonchev–Trinajstić information content (AvgIpc) is 2.01. The zero-order valence-electron chi connectivity index (χ0n) is 8.31. The van der Waals surface area contributed by atoms with Crippen molar-refractivity contribution < 1.29 is 22.7 Å². The molecule has 0 atom stereocenters. The Morgan fingerprint density at radius 2 is 1.93 bits per heavy atom. The number of hydrogen-bond acceptors (Lipinski definition) is 2. The van der Waals surface area contributed by atoms with Crippen molar-refractivity contribution in [3.05, 3.63) is 11.8 Å². The molecular weight excluding hydrogens is 197 g/mol. The van der Waals surface area contributed by atoms with Gasteiger partial charge in [-0.25, -0.2) is 0 Å². The number of allylic oxidation sites excluding steroid dienone is 2. The average molecular weight is 210 g/mol. The van der Waals surface area contributed by atoms with Crippen LogP contribution in [0.3, 0.4) is 0 Å². The van der Waals surface area contributed by atoms with Crippen LogP contribution in [0.1, 0.15) is 20.8 Å². The smallest absolute Gasteiger partial charge is 0.454 e. The molecule has 0 rings (SSSR count). The Bertz CT molecular complexity index is 229. The highest BCUT2D eigenvalue weighted by atomic mass is 19.4. The summed E-state index contributed by atoms with van der Waals surface area (Å²) in [5, 5.41) is 0. The number of ether oxygens (including phenoxy) is 1. The van der Waals surface area contributed by atoms with Crippen LogP contribution in [0.15, 0.2) is 11.8 Å². The molecule has 0 heterocycles. The summed E-state index contributed by atoms with van der Waals surface area (Å²) in [6, 6.07) is 0. The summed E-state index contributed by atoms with van der Waals surface area (Å²) in [4.78, 5) is 10.6. The summed E-state index contributed by atoms with van der Waals surface area (Å²) in [6.45, 7) is 5.21. The van der Waals surface area contributed by atoms with Gasteiger partial charge in [0.2, 0.25) is 0 Å². The number of alkyl halides is 3. The number of hydrogen-bond donors (Lipinski definition) is 0. The zero-order chi connectivity index (χ0) is 11.4. The predicted octanol–water partition coefficient (Wildman–Crippen LogP) is 2.69. The number of rotatable bonds is 4. The van der Waals surface area contributed by atoms with E-state index in [0.29, 0.717) is 6.08 Å². The standard InChI is InChI=1S/C9H13F3O2/c1-4-14-7(6(2)3)5-8(13)9(10,11)12/h5-6H,4H2,1-3H3. The quantitative estimate of drug-likeness (QED) is 0.526. The first-order valence-corrected chi connectivity index (χ1v) is 4.24. The van der Waals surface area contributed by atoms with Crippen LogP contribution in [-0.4, -0.2) is 18.6 Å². The van der Waals surface area contributed by atoms with E-state index in [0.717, 1.165) is 0 Å². The van der Waals surface area contributed by atoms with E-state index in [1.807, 2.05) is 0 Å². The molecule has 14 heavy (non-hydrogen) atoms. The lowest BCUT2D eigenvalue weighted by molar-refractivity contribution is -0.165. The van der Waals surface area contributed by atoms with Crippen LogP contribution in [0.4, 0.5) is 13.2 Å². The van der Waals surface area contributed by atoms with Gasteiger partial charge in [-0.05, 0) is 6.92 Å². The minimum Gasteiger partial charge on any atom is -0.498 e. The van der Waals surface area contributed by atoms with Crippen molar-refractivity contribution in [1.29, 1.82) is 0 Å². The van der Waals surface area contributed by atoms with E-state index in [1.54, 1.807) is 20.8 Å². The van der Waals surface area contributed by atoms with Crippen LogP contribution >= 0.6 is 0 Å². The zero-order valence-corrected chi connectivity index (χ0v) is 8.31. The summed E-state index contributed by atoms with van der Waals surface area (Å²) >= 11 is 0. The molecule has 0 aromatic heterocycles. The second kappa shape index (κ2) is 5.02. The molecule has 0 saturated carbocycles. The Kier molecular flexibility index (Phi) is 4.67. The molecule has 0 amide bonds. The molecule has 0 aliphatic rings. The fourth-order valence-electron chi connectivity index (χ4n) is 0.753. The molecule has 0 aromatic carbocycles. The lowest BCUT2D eigenvalue weighted by atomic mass is 10.1. The highest BCUT2D eigenvalue weighted by Crippen LogP contribution is 2.19. The fourth-order valence-corrected chi connectivity index (χ4v) is 0.753. The van der Waals surface area contributed by atoms with Gasteiger partial charge in [0, 0.05) is 12.0 Å². The van der Waals surface area contributed by atoms with E-state index in [1.165, 1.54) is 0 Å². The van der Waals surface area contributed by atoms with E-state index in [4.69, 9.17) is 4.74 Å². The second-order valence-electron chi connectivity index (χ2n) is 3.00. The largest absolute Gasteiger partial charge is 0.498 e. The molecule has 0 fully saturated rings. The Morgan fingerprint density at radius 1 is 1.43 bits per heavy atom. The van der Waals surface area contributed by atoms with Gasteiger partial charge in [0.05, 0.1) is 6.61 Å². The van der Waals surface area contributed by atoms with Crippen LogP contribution in [0.5, 0.6) is 0 Å². The van der Waals surface area contributed by atoms with E-state index in [9.17, 15) is 18.0 Å².